The third kappa shape index (κ3) is 5.90. The molecule has 5 nitrogen and oxygen atoms in total. The van der Waals surface area contributed by atoms with Crippen LogP contribution >= 0.6 is 12.4 Å². The first-order valence-electron chi connectivity index (χ1n) is 6.66. The molecule has 1 N–H and O–H groups in total. The van der Waals surface area contributed by atoms with Crippen molar-refractivity contribution < 1.29 is 17.6 Å². The standard InChI is InChI=1S/C14H21FN2O3S.ClH/c1-11(14(18)17(3)9-8-16-2)10-21(19,20)13-6-4-12(15)5-7-13;/h4-7,11,16H,8-10H2,1-3H3;1H. The molecule has 0 aliphatic rings. The summed E-state index contributed by atoms with van der Waals surface area (Å²) in [6.07, 6.45) is 0. The van der Waals surface area contributed by atoms with Gasteiger partial charge >= 0.3 is 0 Å². The highest BCUT2D eigenvalue weighted by Gasteiger charge is 2.25. The topological polar surface area (TPSA) is 66.5 Å². The summed E-state index contributed by atoms with van der Waals surface area (Å²) >= 11 is 0. The molecule has 1 aromatic rings. The molecule has 1 rings (SSSR count). The minimum absolute atomic E-state index is 0. The van der Waals surface area contributed by atoms with Crippen molar-refractivity contribution in [1.82, 2.24) is 10.2 Å². The van der Waals surface area contributed by atoms with Gasteiger partial charge in [0.2, 0.25) is 5.91 Å². The highest BCUT2D eigenvalue weighted by molar-refractivity contribution is 7.91. The summed E-state index contributed by atoms with van der Waals surface area (Å²) in [7, 11) is -0.187. The second kappa shape index (κ2) is 9.07. The third-order valence-electron chi connectivity index (χ3n) is 3.14. The number of nitrogens with one attached hydrogen (secondary N) is 1. The molecule has 0 bridgehead atoms. The number of rotatable bonds is 7. The smallest absolute Gasteiger partial charge is 0.226 e. The van der Waals surface area contributed by atoms with Crippen molar-refractivity contribution >= 4 is 28.2 Å². The van der Waals surface area contributed by atoms with E-state index in [0.29, 0.717) is 13.1 Å². The minimum atomic E-state index is -3.61. The Morgan fingerprint density at radius 1 is 1.32 bits per heavy atom. The number of halogens is 2. The zero-order chi connectivity index (χ0) is 16.0. The van der Waals surface area contributed by atoms with Gasteiger partial charge in [0.05, 0.1) is 10.6 Å². The Labute approximate surface area is 137 Å². The van der Waals surface area contributed by atoms with E-state index in [0.717, 1.165) is 12.1 Å². The van der Waals surface area contributed by atoms with Crippen molar-refractivity contribution in [2.24, 2.45) is 5.92 Å². The normalized spacial score (nSPS) is 12.4. The van der Waals surface area contributed by atoms with Crippen LogP contribution < -0.4 is 5.32 Å². The Morgan fingerprint density at radius 2 is 1.86 bits per heavy atom. The lowest BCUT2D eigenvalue weighted by molar-refractivity contribution is -0.132. The second-order valence-electron chi connectivity index (χ2n) is 5.00. The summed E-state index contributed by atoms with van der Waals surface area (Å²) in [5.74, 6) is -1.66. The van der Waals surface area contributed by atoms with E-state index < -0.39 is 21.6 Å². The van der Waals surface area contributed by atoms with Crippen LogP contribution in [0.3, 0.4) is 0 Å². The van der Waals surface area contributed by atoms with E-state index in [1.165, 1.54) is 17.0 Å². The number of carbonyl (C=O) groups excluding carboxylic acids is 1. The highest BCUT2D eigenvalue weighted by atomic mass is 35.5. The molecule has 1 atom stereocenters. The van der Waals surface area contributed by atoms with Crippen LogP contribution in [0.15, 0.2) is 29.2 Å². The zero-order valence-corrected chi connectivity index (χ0v) is 14.5. The Bertz CT molecular complexity index is 578. The van der Waals surface area contributed by atoms with E-state index in [4.69, 9.17) is 0 Å². The molecule has 0 fully saturated rings. The molecule has 0 aromatic heterocycles. The molecule has 126 valence electrons. The van der Waals surface area contributed by atoms with Crippen molar-refractivity contribution in [3.63, 3.8) is 0 Å². The number of hydrogen-bond donors (Lipinski definition) is 1. The van der Waals surface area contributed by atoms with Gasteiger partial charge < -0.3 is 10.2 Å². The van der Waals surface area contributed by atoms with Gasteiger partial charge in [-0.05, 0) is 31.3 Å². The van der Waals surface area contributed by atoms with Crippen LogP contribution in [0.1, 0.15) is 6.92 Å². The maximum Gasteiger partial charge on any atom is 0.226 e. The van der Waals surface area contributed by atoms with Gasteiger partial charge in [-0.15, -0.1) is 12.4 Å². The van der Waals surface area contributed by atoms with Crippen molar-refractivity contribution in [2.45, 2.75) is 11.8 Å². The molecule has 0 spiro atoms. The summed E-state index contributed by atoms with van der Waals surface area (Å²) in [6, 6.07) is 4.62. The summed E-state index contributed by atoms with van der Waals surface area (Å²) in [5, 5.41) is 2.92. The Balaban J connectivity index is 0.00000441. The summed E-state index contributed by atoms with van der Waals surface area (Å²) in [6.45, 7) is 2.73. The molecule has 0 aliphatic carbocycles. The first-order valence-corrected chi connectivity index (χ1v) is 8.31. The number of hydrogen-bond acceptors (Lipinski definition) is 4. The Hall–Kier alpha value is -1.18. The van der Waals surface area contributed by atoms with Crippen LogP contribution in [-0.4, -0.2) is 52.2 Å². The highest BCUT2D eigenvalue weighted by Crippen LogP contribution is 2.16. The number of benzene rings is 1. The maximum absolute atomic E-state index is 12.8. The van der Waals surface area contributed by atoms with Crippen molar-refractivity contribution in [1.29, 1.82) is 0 Å². The number of likely N-dealkylation sites (N-methyl/N-ethyl adjacent to an activating group) is 2. The van der Waals surface area contributed by atoms with Crippen LogP contribution in [0.4, 0.5) is 4.39 Å². The Morgan fingerprint density at radius 3 is 2.36 bits per heavy atom. The molecule has 22 heavy (non-hydrogen) atoms. The zero-order valence-electron chi connectivity index (χ0n) is 12.9. The minimum Gasteiger partial charge on any atom is -0.344 e. The van der Waals surface area contributed by atoms with Crippen LogP contribution in [0.25, 0.3) is 0 Å². The van der Waals surface area contributed by atoms with Gasteiger partial charge in [0.1, 0.15) is 5.82 Å². The fourth-order valence-corrected chi connectivity index (χ4v) is 3.45. The number of sulfone groups is 1. The lowest BCUT2D eigenvalue weighted by Gasteiger charge is -2.21. The van der Waals surface area contributed by atoms with Crippen molar-refractivity contribution in [2.75, 3.05) is 32.9 Å². The van der Waals surface area contributed by atoms with Gasteiger partial charge in [0, 0.05) is 26.1 Å². The van der Waals surface area contributed by atoms with Crippen LogP contribution in [0, 0.1) is 11.7 Å². The monoisotopic (exact) mass is 352 g/mol. The lowest BCUT2D eigenvalue weighted by atomic mass is 10.2. The Kier molecular flexibility index (Phi) is 8.58. The molecule has 0 aliphatic heterocycles. The van der Waals surface area contributed by atoms with E-state index in [-0.39, 0.29) is 29.0 Å². The average molecular weight is 353 g/mol. The van der Waals surface area contributed by atoms with Gasteiger partial charge in [0.25, 0.3) is 0 Å². The quantitative estimate of drug-likeness (QED) is 0.752. The van der Waals surface area contributed by atoms with Crippen LogP contribution in [-0.2, 0) is 14.6 Å². The van der Waals surface area contributed by atoms with Gasteiger partial charge in [-0.3, -0.25) is 4.79 Å². The number of nitrogens with zero attached hydrogens (tertiary/aromatic N) is 1. The van der Waals surface area contributed by atoms with E-state index in [1.807, 2.05) is 0 Å². The van der Waals surface area contributed by atoms with Crippen LogP contribution in [0.5, 0.6) is 0 Å². The molecular weight excluding hydrogens is 331 g/mol. The predicted molar refractivity (Wildman–Crippen MR) is 86.4 cm³/mol. The van der Waals surface area contributed by atoms with Crippen molar-refractivity contribution in [3.8, 4) is 0 Å². The van der Waals surface area contributed by atoms with Crippen molar-refractivity contribution in [3.05, 3.63) is 30.1 Å². The molecule has 0 heterocycles. The van der Waals surface area contributed by atoms with Gasteiger partial charge in [-0.25, -0.2) is 12.8 Å². The van der Waals surface area contributed by atoms with E-state index >= 15 is 0 Å². The van der Waals surface area contributed by atoms with Crippen LogP contribution in [0.2, 0.25) is 0 Å². The molecule has 1 unspecified atom stereocenters. The first-order chi connectivity index (χ1) is 9.77. The van der Waals surface area contributed by atoms with E-state index in [2.05, 4.69) is 5.32 Å². The number of amides is 1. The predicted octanol–water partition coefficient (Wildman–Crippen LogP) is 1.34. The number of carbonyl (C=O) groups is 1. The largest absolute Gasteiger partial charge is 0.344 e. The molecule has 0 saturated carbocycles. The summed E-state index contributed by atoms with van der Waals surface area (Å²) in [5.41, 5.74) is 0. The average Bonchev–Trinajstić information content (AvgIpc) is 2.43. The summed E-state index contributed by atoms with van der Waals surface area (Å²) < 4.78 is 37.2. The molecule has 0 saturated heterocycles. The fraction of sp³-hybridized carbons (Fsp3) is 0.500. The molecule has 8 heteroatoms. The third-order valence-corrected chi connectivity index (χ3v) is 5.07. The molecule has 1 aromatic carbocycles. The van der Waals surface area contributed by atoms with Gasteiger partial charge in [-0.2, -0.15) is 0 Å². The molecule has 0 radical (unpaired) electrons. The van der Waals surface area contributed by atoms with E-state index in [9.17, 15) is 17.6 Å². The second-order valence-corrected chi connectivity index (χ2v) is 7.03. The first kappa shape index (κ1) is 20.8. The molecular formula is C14H22ClFN2O3S. The maximum atomic E-state index is 12.8. The summed E-state index contributed by atoms with van der Waals surface area (Å²) in [4.78, 5) is 13.6. The van der Waals surface area contributed by atoms with Gasteiger partial charge in [0.15, 0.2) is 9.84 Å². The van der Waals surface area contributed by atoms with E-state index in [1.54, 1.807) is 21.0 Å². The fourth-order valence-electron chi connectivity index (χ4n) is 1.90. The SMILES string of the molecule is CNCCN(C)C(=O)C(C)CS(=O)(=O)c1ccc(F)cc1.Cl. The lowest BCUT2D eigenvalue weighted by Crippen LogP contribution is -2.38. The van der Waals surface area contributed by atoms with Gasteiger partial charge in [-0.1, -0.05) is 6.92 Å². The molecule has 1 amide bonds.